The number of carbonyl (C=O) groups excluding carboxylic acids is 2. The van der Waals surface area contributed by atoms with Crippen molar-refractivity contribution in [1.29, 1.82) is 0 Å². The van der Waals surface area contributed by atoms with Gasteiger partial charge >= 0.3 is 12.1 Å². The van der Waals surface area contributed by atoms with Crippen LogP contribution in [0.15, 0.2) is 97.0 Å². The summed E-state index contributed by atoms with van der Waals surface area (Å²) in [4.78, 5) is 27.2. The van der Waals surface area contributed by atoms with Gasteiger partial charge in [-0.2, -0.15) is 0 Å². The summed E-state index contributed by atoms with van der Waals surface area (Å²) < 4.78 is 16.6. The molecule has 1 saturated heterocycles. The number of nitrogens with zero attached hydrogens (tertiary/aromatic N) is 1. The van der Waals surface area contributed by atoms with Gasteiger partial charge in [-0.25, -0.2) is 9.59 Å². The molecule has 2 aliphatic heterocycles. The minimum Gasteiger partial charge on any atom is -0.462 e. The molecule has 1 fully saturated rings. The molecule has 0 saturated carbocycles. The van der Waals surface area contributed by atoms with Gasteiger partial charge in [0.25, 0.3) is 0 Å². The van der Waals surface area contributed by atoms with E-state index in [4.69, 9.17) is 14.2 Å². The molecule has 2 heterocycles. The number of piperidine rings is 1. The number of rotatable bonds is 16. The number of hydrogen-bond acceptors (Lipinski definition) is 7. The lowest BCUT2D eigenvalue weighted by Gasteiger charge is -2.31. The quantitative estimate of drug-likeness (QED) is 0.145. The van der Waals surface area contributed by atoms with Crippen molar-refractivity contribution in [3.8, 4) is 11.1 Å². The van der Waals surface area contributed by atoms with E-state index in [1.165, 1.54) is 5.56 Å². The highest BCUT2D eigenvalue weighted by Gasteiger charge is 2.23. The van der Waals surface area contributed by atoms with E-state index in [-0.39, 0.29) is 25.0 Å². The van der Waals surface area contributed by atoms with E-state index in [1.54, 1.807) is 6.26 Å². The molecule has 0 radical (unpaired) electrons. The fraction of sp³-hybridized carbons (Fsp3) is 0.405. The molecular weight excluding hydrogens is 594 g/mol. The van der Waals surface area contributed by atoms with Gasteiger partial charge in [0, 0.05) is 38.3 Å². The van der Waals surface area contributed by atoms with Gasteiger partial charge < -0.3 is 35.1 Å². The molecule has 5 rings (SSSR count). The Hall–Kier alpha value is -4.54. The Morgan fingerprint density at radius 1 is 0.830 bits per heavy atom. The Bertz CT molecular complexity index is 1410. The van der Waals surface area contributed by atoms with Crippen LogP contribution in [-0.2, 0) is 20.6 Å². The molecule has 47 heavy (non-hydrogen) atoms. The van der Waals surface area contributed by atoms with Crippen molar-refractivity contribution in [2.75, 3.05) is 51.4 Å². The zero-order valence-electron chi connectivity index (χ0n) is 27.0. The third-order valence-electron chi connectivity index (χ3n) is 8.42. The monoisotopic (exact) mass is 641 g/mol. The maximum absolute atomic E-state index is 12.7. The van der Waals surface area contributed by atoms with Crippen LogP contribution in [0.2, 0.25) is 0 Å². The minimum absolute atomic E-state index is 0.0787. The number of nitrogens with one attached hydrogen (secondary N) is 4. The van der Waals surface area contributed by atoms with Gasteiger partial charge in [-0.3, -0.25) is 5.32 Å². The summed E-state index contributed by atoms with van der Waals surface area (Å²) >= 11 is 0. The van der Waals surface area contributed by atoms with Crippen LogP contribution in [0.1, 0.15) is 37.7 Å². The summed E-state index contributed by atoms with van der Waals surface area (Å²) in [5.74, 6) is 0.842. The molecule has 0 aromatic heterocycles. The van der Waals surface area contributed by atoms with Gasteiger partial charge in [0.1, 0.15) is 12.4 Å². The molecule has 1 unspecified atom stereocenters. The first kappa shape index (κ1) is 33.8. The average Bonchev–Trinajstić information content (AvgIpc) is 3.64. The predicted octanol–water partition coefficient (Wildman–Crippen LogP) is 5.88. The van der Waals surface area contributed by atoms with Crippen LogP contribution in [0.3, 0.4) is 0 Å². The molecule has 2 aliphatic rings. The number of benzene rings is 3. The molecule has 0 aliphatic carbocycles. The second-order valence-corrected chi connectivity index (χ2v) is 11.9. The van der Waals surface area contributed by atoms with E-state index >= 15 is 0 Å². The highest BCUT2D eigenvalue weighted by molar-refractivity contribution is 5.91. The maximum Gasteiger partial charge on any atom is 0.411 e. The van der Waals surface area contributed by atoms with Gasteiger partial charge in [-0.05, 0) is 55.8 Å². The maximum atomic E-state index is 12.7. The highest BCUT2D eigenvalue weighted by Crippen LogP contribution is 2.28. The summed E-state index contributed by atoms with van der Waals surface area (Å²) in [7, 11) is 0. The molecule has 3 amide bonds. The van der Waals surface area contributed by atoms with E-state index in [2.05, 4.69) is 38.3 Å². The van der Waals surface area contributed by atoms with Gasteiger partial charge in [-0.15, -0.1) is 0 Å². The molecule has 10 nitrogen and oxygen atoms in total. The zero-order valence-corrected chi connectivity index (χ0v) is 27.0. The van der Waals surface area contributed by atoms with Crippen LogP contribution < -0.4 is 21.3 Å². The van der Waals surface area contributed by atoms with Crippen molar-refractivity contribution in [2.45, 2.75) is 50.7 Å². The average molecular weight is 642 g/mol. The van der Waals surface area contributed by atoms with Gasteiger partial charge in [0.2, 0.25) is 6.79 Å². The van der Waals surface area contributed by atoms with Crippen molar-refractivity contribution in [3.05, 3.63) is 103 Å². The summed E-state index contributed by atoms with van der Waals surface area (Å²) in [5.41, 5.74) is 3.97. The van der Waals surface area contributed by atoms with E-state index < -0.39 is 6.09 Å². The van der Waals surface area contributed by atoms with E-state index in [0.717, 1.165) is 87.3 Å². The Labute approximate surface area is 277 Å². The lowest BCUT2D eigenvalue weighted by molar-refractivity contribution is 0.0594. The molecule has 0 bridgehead atoms. The van der Waals surface area contributed by atoms with Crippen molar-refractivity contribution in [3.63, 3.8) is 0 Å². The first-order valence-corrected chi connectivity index (χ1v) is 16.7. The Kier molecular flexibility index (Phi) is 13.4. The standard InChI is InChI=1S/C37H47N5O5/c43-36(39-21-11-3-10-20-38-34(35-27-45-28-46-35)26-29-12-4-1-5-13-29)40-22-25-42-23-18-31(19-24-42)47-37(44)41-33-17-9-8-16-32(33)30-14-6-2-7-15-30/h1-2,4-9,12-17,27,31,34,38H,3,10-11,18-26,28H2,(H,41,44)(H2,39,40,43). The second kappa shape index (κ2) is 18.6. The Balaban J connectivity index is 0.889. The molecule has 1 atom stereocenters. The van der Waals surface area contributed by atoms with Gasteiger partial charge in [-0.1, -0.05) is 85.3 Å². The lowest BCUT2D eigenvalue weighted by Crippen LogP contribution is -2.44. The van der Waals surface area contributed by atoms with Crippen molar-refractivity contribution in [1.82, 2.24) is 20.9 Å². The number of urea groups is 1. The van der Waals surface area contributed by atoms with Crippen LogP contribution in [0.5, 0.6) is 0 Å². The Morgan fingerprint density at radius 3 is 2.30 bits per heavy atom. The highest BCUT2D eigenvalue weighted by atomic mass is 16.7. The topological polar surface area (TPSA) is 113 Å². The summed E-state index contributed by atoms with van der Waals surface area (Å²) in [5, 5.41) is 12.4. The van der Waals surface area contributed by atoms with E-state index in [9.17, 15) is 9.59 Å². The molecule has 250 valence electrons. The number of amides is 3. The van der Waals surface area contributed by atoms with Gasteiger partial charge in [0.15, 0.2) is 5.76 Å². The first-order chi connectivity index (χ1) is 23.1. The van der Waals surface area contributed by atoms with Crippen molar-refractivity contribution < 1.29 is 23.8 Å². The number of unbranched alkanes of at least 4 members (excludes halogenated alkanes) is 2. The summed E-state index contributed by atoms with van der Waals surface area (Å²) in [6.07, 6.45) is 6.45. The fourth-order valence-corrected chi connectivity index (χ4v) is 5.86. The van der Waals surface area contributed by atoms with E-state index in [0.29, 0.717) is 13.1 Å². The first-order valence-electron chi connectivity index (χ1n) is 16.7. The molecule has 3 aromatic rings. The normalized spacial score (nSPS) is 15.5. The van der Waals surface area contributed by atoms with Crippen LogP contribution in [-0.4, -0.2) is 75.2 Å². The minimum atomic E-state index is -0.430. The zero-order chi connectivity index (χ0) is 32.5. The smallest absolute Gasteiger partial charge is 0.411 e. The molecule has 4 N–H and O–H groups in total. The summed E-state index contributed by atoms with van der Waals surface area (Å²) in [6, 6.07) is 28.0. The third kappa shape index (κ3) is 11.3. The second-order valence-electron chi connectivity index (χ2n) is 11.9. The van der Waals surface area contributed by atoms with E-state index in [1.807, 2.05) is 72.8 Å². The number of hydrogen-bond donors (Lipinski definition) is 4. The lowest BCUT2D eigenvalue weighted by atomic mass is 10.0. The fourth-order valence-electron chi connectivity index (χ4n) is 5.86. The molecule has 10 heteroatoms. The van der Waals surface area contributed by atoms with Crippen LogP contribution in [0.4, 0.5) is 15.3 Å². The number of likely N-dealkylation sites (tertiary alicyclic amines) is 1. The third-order valence-corrected chi connectivity index (χ3v) is 8.42. The molecule has 3 aromatic carbocycles. The van der Waals surface area contributed by atoms with Gasteiger partial charge in [0.05, 0.1) is 11.7 Å². The Morgan fingerprint density at radius 2 is 1.53 bits per heavy atom. The van der Waals surface area contributed by atoms with Crippen molar-refractivity contribution >= 4 is 17.8 Å². The SMILES string of the molecule is O=C(NCCCCCNC(Cc1ccccc1)C1=COCO1)NCCN1CCC(OC(=O)Nc2ccccc2-c2ccccc2)CC1. The molecule has 0 spiro atoms. The number of carbonyl (C=O) groups is 2. The number of anilines is 1. The number of para-hydroxylation sites is 1. The number of ether oxygens (including phenoxy) is 3. The summed E-state index contributed by atoms with van der Waals surface area (Å²) in [6.45, 7) is 4.74. The van der Waals surface area contributed by atoms with Crippen LogP contribution >= 0.6 is 0 Å². The predicted molar refractivity (Wildman–Crippen MR) is 184 cm³/mol. The molecular formula is C37H47N5O5. The van der Waals surface area contributed by atoms with Crippen LogP contribution in [0, 0.1) is 0 Å². The largest absolute Gasteiger partial charge is 0.462 e. The van der Waals surface area contributed by atoms with Crippen LogP contribution in [0.25, 0.3) is 11.1 Å². The van der Waals surface area contributed by atoms with Crippen molar-refractivity contribution in [2.24, 2.45) is 0 Å².